The molecule has 0 atom stereocenters. The molecule has 9 aromatic carbocycles. The number of fused-ring (bicyclic) bond motifs is 6. The fourth-order valence-electron chi connectivity index (χ4n) is 7.56. The van der Waals surface area contributed by atoms with Crippen molar-refractivity contribution in [1.29, 1.82) is 0 Å². The highest BCUT2D eigenvalue weighted by atomic mass is 32.1. The molecule has 0 aliphatic carbocycles. The molecule has 52 heavy (non-hydrogen) atoms. The SMILES string of the molecule is c1ccc(-c2ccc(N(c3ccc(-c4ccc5sc6c7ccccc7ccc6c5c4)cc3)c3cccc(-c4ccc5ccccc5c4)c3)cc2)cc1. The van der Waals surface area contributed by atoms with E-state index >= 15 is 0 Å². The first-order valence-corrected chi connectivity index (χ1v) is 18.6. The van der Waals surface area contributed by atoms with Gasteiger partial charge in [-0.05, 0) is 110 Å². The van der Waals surface area contributed by atoms with Gasteiger partial charge in [0.15, 0.2) is 0 Å². The first-order chi connectivity index (χ1) is 25.7. The average molecular weight is 680 g/mol. The molecule has 10 rings (SSSR count). The molecular weight excluding hydrogens is 647 g/mol. The fraction of sp³-hybridized carbons (Fsp3) is 0. The van der Waals surface area contributed by atoms with E-state index in [0.717, 1.165) is 17.1 Å². The van der Waals surface area contributed by atoms with Gasteiger partial charge in [0.25, 0.3) is 0 Å². The molecule has 0 radical (unpaired) electrons. The molecule has 1 nitrogen and oxygen atoms in total. The second-order valence-electron chi connectivity index (χ2n) is 13.4. The topological polar surface area (TPSA) is 3.24 Å². The Kier molecular flexibility index (Phi) is 7.41. The molecule has 0 aliphatic heterocycles. The fourth-order valence-corrected chi connectivity index (χ4v) is 8.78. The van der Waals surface area contributed by atoms with E-state index in [0.29, 0.717) is 0 Å². The summed E-state index contributed by atoms with van der Waals surface area (Å²) in [6.07, 6.45) is 0. The predicted molar refractivity (Wildman–Crippen MR) is 225 cm³/mol. The minimum Gasteiger partial charge on any atom is -0.310 e. The van der Waals surface area contributed by atoms with E-state index in [1.165, 1.54) is 75.1 Å². The molecule has 0 amide bonds. The van der Waals surface area contributed by atoms with Crippen LogP contribution in [-0.2, 0) is 0 Å². The van der Waals surface area contributed by atoms with Crippen LogP contribution in [-0.4, -0.2) is 0 Å². The minimum absolute atomic E-state index is 1.11. The lowest BCUT2D eigenvalue weighted by Crippen LogP contribution is -2.10. The summed E-state index contributed by atoms with van der Waals surface area (Å²) in [4.78, 5) is 2.36. The summed E-state index contributed by atoms with van der Waals surface area (Å²) < 4.78 is 2.68. The van der Waals surface area contributed by atoms with Crippen LogP contribution in [0.5, 0.6) is 0 Å². The highest BCUT2D eigenvalue weighted by Gasteiger charge is 2.15. The minimum atomic E-state index is 1.11. The van der Waals surface area contributed by atoms with Crippen molar-refractivity contribution in [3.8, 4) is 33.4 Å². The molecule has 2 heteroatoms. The molecule has 0 N–H and O–H groups in total. The highest BCUT2D eigenvalue weighted by Crippen LogP contribution is 2.42. The zero-order valence-electron chi connectivity index (χ0n) is 28.4. The number of rotatable bonds is 6. The summed E-state index contributed by atoms with van der Waals surface area (Å²) in [5, 5.41) is 7.76. The molecule has 0 fully saturated rings. The number of hydrogen-bond donors (Lipinski definition) is 0. The van der Waals surface area contributed by atoms with E-state index in [4.69, 9.17) is 0 Å². The van der Waals surface area contributed by atoms with Crippen molar-refractivity contribution in [2.24, 2.45) is 0 Å². The number of thiophene rings is 1. The Balaban J connectivity index is 1.05. The Morgan fingerprint density at radius 2 is 0.846 bits per heavy atom. The van der Waals surface area contributed by atoms with Crippen LogP contribution in [0, 0.1) is 0 Å². The molecule has 10 aromatic rings. The molecule has 0 spiro atoms. The Labute approximate surface area is 307 Å². The van der Waals surface area contributed by atoms with E-state index in [9.17, 15) is 0 Å². The van der Waals surface area contributed by atoms with Gasteiger partial charge in [0.2, 0.25) is 0 Å². The number of benzene rings is 9. The van der Waals surface area contributed by atoms with Gasteiger partial charge in [0, 0.05) is 37.2 Å². The monoisotopic (exact) mass is 679 g/mol. The maximum Gasteiger partial charge on any atom is 0.0467 e. The molecule has 0 aliphatic rings. The quantitative estimate of drug-likeness (QED) is 0.169. The van der Waals surface area contributed by atoms with Crippen LogP contribution in [0.25, 0.3) is 75.1 Å². The summed E-state index contributed by atoms with van der Waals surface area (Å²) in [6, 6.07) is 72.9. The zero-order chi connectivity index (χ0) is 34.4. The van der Waals surface area contributed by atoms with Gasteiger partial charge in [0.05, 0.1) is 0 Å². The van der Waals surface area contributed by atoms with Crippen molar-refractivity contribution >= 4 is 70.1 Å². The molecule has 0 bridgehead atoms. The van der Waals surface area contributed by atoms with Gasteiger partial charge in [-0.3, -0.25) is 0 Å². The highest BCUT2D eigenvalue weighted by molar-refractivity contribution is 7.26. The van der Waals surface area contributed by atoms with Crippen molar-refractivity contribution in [2.75, 3.05) is 4.90 Å². The Morgan fingerprint density at radius 3 is 1.63 bits per heavy atom. The van der Waals surface area contributed by atoms with Crippen molar-refractivity contribution < 1.29 is 0 Å². The Bertz CT molecular complexity index is 2890. The summed E-state index contributed by atoms with van der Waals surface area (Å²) in [6.45, 7) is 0. The summed E-state index contributed by atoms with van der Waals surface area (Å²) >= 11 is 1.89. The van der Waals surface area contributed by atoms with Gasteiger partial charge < -0.3 is 4.90 Å². The third kappa shape index (κ3) is 5.42. The lowest BCUT2D eigenvalue weighted by Gasteiger charge is -2.26. The molecule has 1 aromatic heterocycles. The molecule has 0 saturated heterocycles. The Morgan fingerprint density at radius 1 is 0.288 bits per heavy atom. The van der Waals surface area contributed by atoms with E-state index in [2.05, 4.69) is 205 Å². The maximum absolute atomic E-state index is 2.37. The van der Waals surface area contributed by atoms with Crippen LogP contribution in [0.4, 0.5) is 17.1 Å². The summed E-state index contributed by atoms with van der Waals surface area (Å²) in [5.74, 6) is 0. The van der Waals surface area contributed by atoms with E-state index in [1.807, 2.05) is 11.3 Å². The second kappa shape index (κ2) is 12.7. The van der Waals surface area contributed by atoms with Gasteiger partial charge in [-0.1, -0.05) is 146 Å². The number of anilines is 3. The van der Waals surface area contributed by atoms with Crippen LogP contribution in [0.2, 0.25) is 0 Å². The van der Waals surface area contributed by atoms with Gasteiger partial charge in [-0.25, -0.2) is 0 Å². The van der Waals surface area contributed by atoms with Crippen LogP contribution in [0.1, 0.15) is 0 Å². The molecule has 0 unspecified atom stereocenters. The van der Waals surface area contributed by atoms with Crippen molar-refractivity contribution in [2.45, 2.75) is 0 Å². The first-order valence-electron chi connectivity index (χ1n) is 17.7. The number of nitrogens with zero attached hydrogens (tertiary/aromatic N) is 1. The van der Waals surface area contributed by atoms with Gasteiger partial charge >= 0.3 is 0 Å². The van der Waals surface area contributed by atoms with Crippen molar-refractivity contribution in [1.82, 2.24) is 0 Å². The van der Waals surface area contributed by atoms with Crippen LogP contribution >= 0.6 is 11.3 Å². The Hall–Kier alpha value is -6.48. The largest absolute Gasteiger partial charge is 0.310 e. The third-order valence-electron chi connectivity index (χ3n) is 10.2. The van der Waals surface area contributed by atoms with Crippen molar-refractivity contribution in [3.63, 3.8) is 0 Å². The third-order valence-corrected chi connectivity index (χ3v) is 11.5. The maximum atomic E-state index is 2.37. The number of hydrogen-bond acceptors (Lipinski definition) is 2. The molecule has 244 valence electrons. The standard InChI is InChI=1S/C50H33NS/c1-2-9-34(10-3-1)36-19-25-43(26-20-36)51(45-15-8-14-40(32-45)41-18-17-35-11-4-5-13-39(35)31-41)44-27-21-37(22-28-44)42-24-30-49-48(33-42)47-29-23-38-12-6-7-16-46(38)50(47)52-49/h1-33H. The average Bonchev–Trinajstić information content (AvgIpc) is 3.60. The molecular formula is C50H33NS. The molecule has 0 saturated carbocycles. The van der Waals surface area contributed by atoms with E-state index in [1.54, 1.807) is 0 Å². The van der Waals surface area contributed by atoms with Crippen LogP contribution in [0.3, 0.4) is 0 Å². The van der Waals surface area contributed by atoms with Gasteiger partial charge in [0.1, 0.15) is 0 Å². The summed E-state index contributed by atoms with van der Waals surface area (Å²) in [5.41, 5.74) is 10.6. The summed E-state index contributed by atoms with van der Waals surface area (Å²) in [7, 11) is 0. The van der Waals surface area contributed by atoms with Crippen LogP contribution < -0.4 is 4.90 Å². The normalized spacial score (nSPS) is 11.5. The van der Waals surface area contributed by atoms with E-state index < -0.39 is 0 Å². The predicted octanol–water partition coefficient (Wildman–Crippen LogP) is 14.8. The van der Waals surface area contributed by atoms with Crippen LogP contribution in [0.15, 0.2) is 200 Å². The lowest BCUT2D eigenvalue weighted by molar-refractivity contribution is 1.28. The van der Waals surface area contributed by atoms with Crippen molar-refractivity contribution in [3.05, 3.63) is 200 Å². The second-order valence-corrected chi connectivity index (χ2v) is 14.4. The lowest BCUT2D eigenvalue weighted by atomic mass is 9.99. The van der Waals surface area contributed by atoms with Gasteiger partial charge in [-0.15, -0.1) is 11.3 Å². The molecule has 1 heterocycles. The smallest absolute Gasteiger partial charge is 0.0467 e. The van der Waals surface area contributed by atoms with Gasteiger partial charge in [-0.2, -0.15) is 0 Å². The zero-order valence-corrected chi connectivity index (χ0v) is 29.2. The first kappa shape index (κ1) is 30.4. The van der Waals surface area contributed by atoms with E-state index in [-0.39, 0.29) is 0 Å².